The summed E-state index contributed by atoms with van der Waals surface area (Å²) in [6.45, 7) is 7.38. The van der Waals surface area contributed by atoms with E-state index in [1.165, 1.54) is 12.8 Å². The molecule has 0 aromatic carbocycles. The zero-order valence-electron chi connectivity index (χ0n) is 7.93. The van der Waals surface area contributed by atoms with E-state index in [0.717, 1.165) is 18.3 Å². The normalized spacial score (nSPS) is 36.0. The molecule has 2 atom stereocenters. The van der Waals surface area contributed by atoms with Crippen LogP contribution in [0.1, 0.15) is 40.0 Å². The Morgan fingerprint density at radius 1 is 1.45 bits per heavy atom. The summed E-state index contributed by atoms with van der Waals surface area (Å²) in [5.41, 5.74) is 0.514. The van der Waals surface area contributed by atoms with Crippen LogP contribution in [0.3, 0.4) is 0 Å². The highest BCUT2D eigenvalue weighted by atomic mass is 16.3. The molecule has 0 unspecified atom stereocenters. The van der Waals surface area contributed by atoms with E-state index in [4.69, 9.17) is 5.11 Å². The monoisotopic (exact) mass is 156 g/mol. The van der Waals surface area contributed by atoms with Crippen LogP contribution in [0, 0.1) is 17.3 Å². The minimum absolute atomic E-state index is 0.366. The molecule has 1 saturated carbocycles. The molecule has 0 aromatic heterocycles. The Hall–Kier alpha value is -0.0400. The number of hydrogen-bond donors (Lipinski definition) is 1. The lowest BCUT2D eigenvalue weighted by Gasteiger charge is -2.26. The second-order valence-electron chi connectivity index (χ2n) is 4.59. The molecule has 1 nitrogen and oxygen atoms in total. The van der Waals surface area contributed by atoms with Crippen molar-refractivity contribution in [3.63, 3.8) is 0 Å². The highest BCUT2D eigenvalue weighted by Gasteiger charge is 2.37. The molecule has 0 bridgehead atoms. The molecule has 0 aliphatic heterocycles. The zero-order valence-corrected chi connectivity index (χ0v) is 7.93. The van der Waals surface area contributed by atoms with E-state index in [2.05, 4.69) is 20.8 Å². The minimum atomic E-state index is 0.366. The second-order valence-corrected chi connectivity index (χ2v) is 4.59. The Balaban J connectivity index is 2.49. The van der Waals surface area contributed by atoms with Crippen LogP contribution in [-0.4, -0.2) is 11.7 Å². The molecule has 1 heteroatoms. The predicted molar refractivity (Wildman–Crippen MR) is 47.4 cm³/mol. The first kappa shape index (κ1) is 9.05. The summed E-state index contributed by atoms with van der Waals surface area (Å²) in [6.07, 6.45) is 3.65. The van der Waals surface area contributed by atoms with Gasteiger partial charge in [-0.15, -0.1) is 0 Å². The van der Waals surface area contributed by atoms with E-state index >= 15 is 0 Å². The van der Waals surface area contributed by atoms with Gasteiger partial charge < -0.3 is 5.11 Å². The molecule has 1 N–H and O–H groups in total. The van der Waals surface area contributed by atoms with Gasteiger partial charge in [0.15, 0.2) is 0 Å². The summed E-state index contributed by atoms with van der Waals surface area (Å²) in [4.78, 5) is 0. The molecule has 0 amide bonds. The Kier molecular flexibility index (Phi) is 2.58. The van der Waals surface area contributed by atoms with Gasteiger partial charge in [-0.05, 0) is 36.5 Å². The van der Waals surface area contributed by atoms with Gasteiger partial charge in [-0.25, -0.2) is 0 Å². The standard InChI is InChI=1S/C10H20O/c1-8-9(5-7-11)4-6-10(8,2)3/h8-9,11H,4-7H2,1-3H3/t8-,9+/m1/s1. The lowest BCUT2D eigenvalue weighted by molar-refractivity contribution is 0.196. The van der Waals surface area contributed by atoms with Crippen LogP contribution in [0.25, 0.3) is 0 Å². The lowest BCUT2D eigenvalue weighted by Crippen LogP contribution is -2.19. The lowest BCUT2D eigenvalue weighted by atomic mass is 9.79. The second kappa shape index (κ2) is 3.14. The Morgan fingerprint density at radius 2 is 2.09 bits per heavy atom. The van der Waals surface area contributed by atoms with Crippen molar-refractivity contribution in [3.8, 4) is 0 Å². The summed E-state index contributed by atoms with van der Waals surface area (Å²) in [5.74, 6) is 1.56. The van der Waals surface area contributed by atoms with Crippen LogP contribution in [0.5, 0.6) is 0 Å². The molecule has 0 radical (unpaired) electrons. The van der Waals surface area contributed by atoms with Gasteiger partial charge in [0.2, 0.25) is 0 Å². The van der Waals surface area contributed by atoms with Crippen molar-refractivity contribution >= 4 is 0 Å². The van der Waals surface area contributed by atoms with Gasteiger partial charge in [0, 0.05) is 6.61 Å². The Labute approximate surface area is 69.8 Å². The van der Waals surface area contributed by atoms with E-state index in [1.807, 2.05) is 0 Å². The van der Waals surface area contributed by atoms with E-state index in [9.17, 15) is 0 Å². The maximum absolute atomic E-state index is 8.81. The van der Waals surface area contributed by atoms with Crippen molar-refractivity contribution in [2.75, 3.05) is 6.61 Å². The van der Waals surface area contributed by atoms with Crippen molar-refractivity contribution in [1.82, 2.24) is 0 Å². The molecular formula is C10H20O. The number of rotatable bonds is 2. The molecule has 66 valence electrons. The highest BCUT2D eigenvalue weighted by Crippen LogP contribution is 2.47. The van der Waals surface area contributed by atoms with Gasteiger partial charge >= 0.3 is 0 Å². The Bertz CT molecular complexity index is 129. The van der Waals surface area contributed by atoms with E-state index in [-0.39, 0.29) is 0 Å². The molecule has 0 saturated heterocycles. The van der Waals surface area contributed by atoms with Crippen LogP contribution in [0.15, 0.2) is 0 Å². The summed E-state index contributed by atoms with van der Waals surface area (Å²) in [7, 11) is 0. The van der Waals surface area contributed by atoms with Crippen molar-refractivity contribution in [1.29, 1.82) is 0 Å². The quantitative estimate of drug-likeness (QED) is 0.651. The first-order valence-electron chi connectivity index (χ1n) is 4.69. The van der Waals surface area contributed by atoms with Gasteiger partial charge in [-0.3, -0.25) is 0 Å². The SMILES string of the molecule is C[C@@H]1[C@H](CCO)CCC1(C)C. The summed E-state index contributed by atoms with van der Waals surface area (Å²) >= 11 is 0. The molecule has 1 fully saturated rings. The number of aliphatic hydroxyl groups excluding tert-OH is 1. The maximum atomic E-state index is 8.81. The highest BCUT2D eigenvalue weighted by molar-refractivity contribution is 4.87. The largest absolute Gasteiger partial charge is 0.396 e. The van der Waals surface area contributed by atoms with Crippen LogP contribution < -0.4 is 0 Å². The van der Waals surface area contributed by atoms with Gasteiger partial charge in [0.1, 0.15) is 0 Å². The van der Waals surface area contributed by atoms with Crippen LogP contribution in [0.4, 0.5) is 0 Å². The molecule has 1 aliphatic rings. The van der Waals surface area contributed by atoms with Crippen molar-refractivity contribution in [2.45, 2.75) is 40.0 Å². The first-order chi connectivity index (χ1) is 5.08. The third-order valence-corrected chi connectivity index (χ3v) is 3.60. The van der Waals surface area contributed by atoms with E-state index in [0.29, 0.717) is 12.0 Å². The predicted octanol–water partition coefficient (Wildman–Crippen LogP) is 2.44. The molecular weight excluding hydrogens is 136 g/mol. The molecule has 0 spiro atoms. The molecule has 1 aliphatic carbocycles. The number of hydrogen-bond acceptors (Lipinski definition) is 1. The minimum Gasteiger partial charge on any atom is -0.396 e. The van der Waals surface area contributed by atoms with Crippen molar-refractivity contribution < 1.29 is 5.11 Å². The van der Waals surface area contributed by atoms with Crippen LogP contribution in [-0.2, 0) is 0 Å². The molecule has 0 heterocycles. The molecule has 11 heavy (non-hydrogen) atoms. The van der Waals surface area contributed by atoms with Crippen molar-refractivity contribution in [3.05, 3.63) is 0 Å². The van der Waals surface area contributed by atoms with Gasteiger partial charge in [0.05, 0.1) is 0 Å². The smallest absolute Gasteiger partial charge is 0.0433 e. The van der Waals surface area contributed by atoms with Gasteiger partial charge in [-0.2, -0.15) is 0 Å². The summed E-state index contributed by atoms with van der Waals surface area (Å²) < 4.78 is 0. The summed E-state index contributed by atoms with van der Waals surface area (Å²) in [5, 5.41) is 8.81. The topological polar surface area (TPSA) is 20.2 Å². The third kappa shape index (κ3) is 1.76. The Morgan fingerprint density at radius 3 is 2.45 bits per heavy atom. The summed E-state index contributed by atoms with van der Waals surface area (Å²) in [6, 6.07) is 0. The first-order valence-corrected chi connectivity index (χ1v) is 4.69. The fourth-order valence-electron chi connectivity index (χ4n) is 2.23. The van der Waals surface area contributed by atoms with E-state index < -0.39 is 0 Å². The van der Waals surface area contributed by atoms with E-state index in [1.54, 1.807) is 0 Å². The van der Waals surface area contributed by atoms with Crippen LogP contribution >= 0.6 is 0 Å². The van der Waals surface area contributed by atoms with Crippen LogP contribution in [0.2, 0.25) is 0 Å². The fourth-order valence-corrected chi connectivity index (χ4v) is 2.23. The molecule has 1 rings (SSSR count). The van der Waals surface area contributed by atoms with Crippen molar-refractivity contribution in [2.24, 2.45) is 17.3 Å². The van der Waals surface area contributed by atoms with Gasteiger partial charge in [-0.1, -0.05) is 20.8 Å². The zero-order chi connectivity index (χ0) is 8.48. The maximum Gasteiger partial charge on any atom is 0.0433 e. The number of aliphatic hydroxyl groups is 1. The average Bonchev–Trinajstić information content (AvgIpc) is 2.17. The fraction of sp³-hybridized carbons (Fsp3) is 1.00. The third-order valence-electron chi connectivity index (χ3n) is 3.60. The molecule has 0 aromatic rings. The van der Waals surface area contributed by atoms with Gasteiger partial charge in [0.25, 0.3) is 0 Å². The average molecular weight is 156 g/mol.